The number of piperidine rings is 1. The Balaban J connectivity index is 1.94. The smallest absolute Gasteiger partial charge is 0.220 e. The van der Waals surface area contributed by atoms with Crippen LogP contribution in [-0.2, 0) is 17.8 Å². The predicted octanol–water partition coefficient (Wildman–Crippen LogP) is 3.04. The molecule has 0 unspecified atom stereocenters. The maximum Gasteiger partial charge on any atom is 0.220 e. The molecule has 140 valence electrons. The molecule has 5 heteroatoms. The second kappa shape index (κ2) is 7.32. The molecule has 25 heavy (non-hydrogen) atoms. The summed E-state index contributed by atoms with van der Waals surface area (Å²) < 4.78 is 1.95. The first-order valence-corrected chi connectivity index (χ1v) is 9.25. The molecule has 0 saturated carbocycles. The van der Waals surface area contributed by atoms with E-state index in [4.69, 9.17) is 0 Å². The van der Waals surface area contributed by atoms with E-state index in [0.717, 1.165) is 30.7 Å². The second-order valence-corrected chi connectivity index (χ2v) is 8.69. The molecule has 0 spiro atoms. The average molecular weight is 347 g/mol. The molecule has 1 aliphatic heterocycles. The summed E-state index contributed by atoms with van der Waals surface area (Å²) in [4.78, 5) is 12.5. The fourth-order valence-corrected chi connectivity index (χ4v) is 4.36. The van der Waals surface area contributed by atoms with Gasteiger partial charge in [0.05, 0.1) is 12.2 Å². The zero-order chi connectivity index (χ0) is 18.8. The molecule has 1 aromatic rings. The Kier molecular flexibility index (Phi) is 5.77. The highest BCUT2D eigenvalue weighted by Gasteiger charge is 2.38. The number of nitrogens with zero attached hydrogens (tertiary/aromatic N) is 2. The highest BCUT2D eigenvalue weighted by Crippen LogP contribution is 2.28. The number of nitrogens with one attached hydrogen (secondary N) is 2. The Morgan fingerprint density at radius 3 is 2.48 bits per heavy atom. The molecular formula is C20H34N4O. The standard InChI is InChI=1S/C20H34N4O/c1-8-11-24-15(3)17(14(2)22-24)9-10-18(25)21-16-12-19(4,5)23-20(6,7)13-16/h8,16,23H,1,9-13H2,2-7H3,(H,21,25). The number of hydrogen-bond acceptors (Lipinski definition) is 3. The Bertz CT molecular complexity index is 626. The van der Waals surface area contributed by atoms with Crippen molar-refractivity contribution >= 4 is 5.91 Å². The molecule has 1 amide bonds. The summed E-state index contributed by atoms with van der Waals surface area (Å²) in [6.45, 7) is 17.4. The van der Waals surface area contributed by atoms with E-state index in [9.17, 15) is 4.79 Å². The minimum atomic E-state index is 0.0404. The number of hydrogen-bond donors (Lipinski definition) is 2. The predicted molar refractivity (Wildman–Crippen MR) is 103 cm³/mol. The van der Waals surface area contributed by atoms with Crippen molar-refractivity contribution in [2.75, 3.05) is 0 Å². The van der Waals surface area contributed by atoms with Crippen LogP contribution in [0.3, 0.4) is 0 Å². The van der Waals surface area contributed by atoms with Gasteiger partial charge in [-0.25, -0.2) is 0 Å². The third kappa shape index (κ3) is 5.18. The molecule has 2 heterocycles. The van der Waals surface area contributed by atoms with Crippen LogP contribution in [0.1, 0.15) is 63.9 Å². The van der Waals surface area contributed by atoms with Gasteiger partial charge in [-0.2, -0.15) is 5.10 Å². The molecule has 0 radical (unpaired) electrons. The lowest BCUT2D eigenvalue weighted by Gasteiger charge is -2.46. The summed E-state index contributed by atoms with van der Waals surface area (Å²) in [7, 11) is 0. The molecule has 0 aromatic carbocycles. The Morgan fingerprint density at radius 1 is 1.32 bits per heavy atom. The number of aryl methyl sites for hydroxylation is 1. The van der Waals surface area contributed by atoms with Crippen LogP contribution in [0.15, 0.2) is 12.7 Å². The van der Waals surface area contributed by atoms with Crippen LogP contribution in [0.5, 0.6) is 0 Å². The lowest BCUT2D eigenvalue weighted by Crippen LogP contribution is -2.62. The summed E-state index contributed by atoms with van der Waals surface area (Å²) in [6, 6.07) is 0.226. The summed E-state index contributed by atoms with van der Waals surface area (Å²) in [5.74, 6) is 0.133. The minimum absolute atomic E-state index is 0.0404. The quantitative estimate of drug-likeness (QED) is 0.779. The lowest BCUT2D eigenvalue weighted by molar-refractivity contribution is -0.122. The van der Waals surface area contributed by atoms with E-state index in [0.29, 0.717) is 13.0 Å². The van der Waals surface area contributed by atoms with E-state index in [1.54, 1.807) is 0 Å². The van der Waals surface area contributed by atoms with Gasteiger partial charge < -0.3 is 10.6 Å². The van der Waals surface area contributed by atoms with Crippen molar-refractivity contribution in [3.8, 4) is 0 Å². The van der Waals surface area contributed by atoms with Crippen LogP contribution in [0.4, 0.5) is 0 Å². The van der Waals surface area contributed by atoms with Crippen LogP contribution in [0.2, 0.25) is 0 Å². The fourth-order valence-electron chi connectivity index (χ4n) is 4.36. The molecule has 5 nitrogen and oxygen atoms in total. The maximum atomic E-state index is 12.5. The molecule has 0 aliphatic carbocycles. The van der Waals surface area contributed by atoms with Crippen molar-refractivity contribution in [2.24, 2.45) is 0 Å². The second-order valence-electron chi connectivity index (χ2n) is 8.69. The molecule has 0 bridgehead atoms. The van der Waals surface area contributed by atoms with Crippen LogP contribution in [-0.4, -0.2) is 32.8 Å². The van der Waals surface area contributed by atoms with Crippen molar-refractivity contribution in [1.29, 1.82) is 0 Å². The lowest BCUT2D eigenvalue weighted by atomic mass is 9.79. The Labute approximate surface area is 152 Å². The van der Waals surface area contributed by atoms with E-state index >= 15 is 0 Å². The first-order chi connectivity index (χ1) is 11.5. The van der Waals surface area contributed by atoms with E-state index in [2.05, 4.69) is 56.9 Å². The van der Waals surface area contributed by atoms with E-state index in [1.165, 1.54) is 5.56 Å². The molecule has 1 saturated heterocycles. The van der Waals surface area contributed by atoms with Crippen molar-refractivity contribution in [3.63, 3.8) is 0 Å². The third-order valence-corrected chi connectivity index (χ3v) is 4.99. The van der Waals surface area contributed by atoms with Gasteiger partial charge in [0.2, 0.25) is 5.91 Å². The normalized spacial score (nSPS) is 19.6. The highest BCUT2D eigenvalue weighted by molar-refractivity contribution is 5.76. The summed E-state index contributed by atoms with van der Waals surface area (Å²) in [5, 5.41) is 11.4. The van der Waals surface area contributed by atoms with Gasteiger partial charge in [0.1, 0.15) is 0 Å². The van der Waals surface area contributed by atoms with Gasteiger partial charge in [-0.15, -0.1) is 6.58 Å². The monoisotopic (exact) mass is 346 g/mol. The third-order valence-electron chi connectivity index (χ3n) is 4.99. The van der Waals surface area contributed by atoms with Gasteiger partial charge in [0, 0.05) is 29.2 Å². The highest BCUT2D eigenvalue weighted by atomic mass is 16.1. The Hall–Kier alpha value is -1.62. The van der Waals surface area contributed by atoms with Crippen molar-refractivity contribution in [3.05, 3.63) is 29.6 Å². The van der Waals surface area contributed by atoms with Gasteiger partial charge in [-0.3, -0.25) is 9.48 Å². The minimum Gasteiger partial charge on any atom is -0.353 e. The largest absolute Gasteiger partial charge is 0.353 e. The maximum absolute atomic E-state index is 12.5. The molecule has 0 atom stereocenters. The number of amides is 1. The Morgan fingerprint density at radius 2 is 1.92 bits per heavy atom. The van der Waals surface area contributed by atoms with Gasteiger partial charge in [-0.05, 0) is 66.4 Å². The van der Waals surface area contributed by atoms with Gasteiger partial charge >= 0.3 is 0 Å². The summed E-state index contributed by atoms with van der Waals surface area (Å²) in [5.41, 5.74) is 3.41. The zero-order valence-electron chi connectivity index (χ0n) is 16.7. The van der Waals surface area contributed by atoms with Crippen molar-refractivity contribution in [2.45, 2.75) is 90.9 Å². The van der Waals surface area contributed by atoms with Crippen molar-refractivity contribution < 1.29 is 4.79 Å². The number of carbonyl (C=O) groups is 1. The first-order valence-electron chi connectivity index (χ1n) is 9.25. The van der Waals surface area contributed by atoms with Gasteiger partial charge in [-0.1, -0.05) is 6.08 Å². The van der Waals surface area contributed by atoms with Crippen LogP contribution in [0, 0.1) is 13.8 Å². The van der Waals surface area contributed by atoms with E-state index in [-0.39, 0.29) is 23.0 Å². The SMILES string of the molecule is C=CCn1nc(C)c(CCC(=O)NC2CC(C)(C)NC(C)(C)C2)c1C. The molecule has 1 fully saturated rings. The molecule has 1 aromatic heterocycles. The van der Waals surface area contributed by atoms with Crippen LogP contribution in [0.25, 0.3) is 0 Å². The average Bonchev–Trinajstić information content (AvgIpc) is 2.68. The number of aromatic nitrogens is 2. The molecule has 2 N–H and O–H groups in total. The van der Waals surface area contributed by atoms with Crippen LogP contribution >= 0.6 is 0 Å². The number of carbonyl (C=O) groups excluding carboxylic acids is 1. The van der Waals surface area contributed by atoms with E-state index in [1.807, 2.05) is 17.7 Å². The topological polar surface area (TPSA) is 59.0 Å². The fraction of sp³-hybridized carbons (Fsp3) is 0.700. The number of allylic oxidation sites excluding steroid dienone is 1. The summed E-state index contributed by atoms with van der Waals surface area (Å²) >= 11 is 0. The summed E-state index contributed by atoms with van der Waals surface area (Å²) in [6.07, 6.45) is 5.00. The van der Waals surface area contributed by atoms with Gasteiger partial charge in [0.25, 0.3) is 0 Å². The molecular weight excluding hydrogens is 312 g/mol. The van der Waals surface area contributed by atoms with E-state index < -0.39 is 0 Å². The molecule has 1 aliphatic rings. The van der Waals surface area contributed by atoms with Gasteiger partial charge in [0.15, 0.2) is 0 Å². The number of rotatable bonds is 6. The first kappa shape index (κ1) is 19.7. The zero-order valence-corrected chi connectivity index (χ0v) is 16.7. The van der Waals surface area contributed by atoms with Crippen molar-refractivity contribution in [1.82, 2.24) is 20.4 Å². The van der Waals surface area contributed by atoms with Crippen LogP contribution < -0.4 is 10.6 Å². The molecule has 2 rings (SSSR count).